The molecule has 8 amide bonds. The van der Waals surface area contributed by atoms with Crippen LogP contribution in [-0.2, 0) is 25.7 Å². The molecule has 14 aromatic heterocycles. The Kier molecular flexibility index (Phi) is 25.1. The van der Waals surface area contributed by atoms with E-state index in [0.29, 0.717) is 145 Å². The van der Waals surface area contributed by atoms with Crippen LogP contribution in [0.25, 0.3) is 89.2 Å². The molecule has 24 rings (SSSR count). The predicted octanol–water partition coefficient (Wildman–Crippen LogP) is 15.3. The zero-order valence-electron chi connectivity index (χ0n) is 75.9. The molecule has 10 fully saturated rings. The molecule has 0 aromatic carbocycles. The molecule has 0 bridgehead atoms. The molecule has 5 aliphatic heterocycles. The number of alkyl halides is 1. The second kappa shape index (κ2) is 38.7. The molecule has 0 spiro atoms. The highest BCUT2D eigenvalue weighted by Crippen LogP contribution is 2.41. The lowest BCUT2D eigenvalue weighted by Crippen LogP contribution is -2.39. The van der Waals surface area contributed by atoms with Crippen molar-refractivity contribution in [3.05, 3.63) is 259 Å². The molecule has 708 valence electrons. The van der Waals surface area contributed by atoms with Gasteiger partial charge in [0.05, 0.1) is 148 Å². The first kappa shape index (κ1) is 90.8. The average molecular weight is 1950 g/mol. The third-order valence-corrected chi connectivity index (χ3v) is 29.2. The molecular weight excluding hydrogens is 1850 g/mol. The number of anilines is 5. The molecule has 140 heavy (non-hydrogen) atoms. The first-order valence-electron chi connectivity index (χ1n) is 46.3. The van der Waals surface area contributed by atoms with Crippen LogP contribution in [0.15, 0.2) is 206 Å². The van der Waals surface area contributed by atoms with E-state index in [9.17, 15) is 42.7 Å². The van der Waals surface area contributed by atoms with Crippen LogP contribution in [0.5, 0.6) is 0 Å². The fourth-order valence-corrected chi connectivity index (χ4v) is 19.9. The van der Waals surface area contributed by atoms with Crippen LogP contribution in [0.1, 0.15) is 181 Å². The minimum atomic E-state index is -0.818. The summed E-state index contributed by atoms with van der Waals surface area (Å²) in [6.45, 7) is 18.8. The molecule has 40 heteroatoms. The molecule has 5 aliphatic carbocycles. The molecule has 0 unspecified atom stereocenters. The van der Waals surface area contributed by atoms with Crippen molar-refractivity contribution in [2.45, 2.75) is 159 Å². The Bertz CT molecular complexity index is 7570. The summed E-state index contributed by atoms with van der Waals surface area (Å²) in [6, 6.07) is 28.4. The van der Waals surface area contributed by atoms with Crippen molar-refractivity contribution in [3.63, 3.8) is 0 Å². The van der Waals surface area contributed by atoms with Gasteiger partial charge in [0.15, 0.2) is 22.6 Å². The van der Waals surface area contributed by atoms with Crippen molar-refractivity contribution >= 4 is 168 Å². The third-order valence-electron chi connectivity index (χ3n) is 24.8. The molecule has 10 aliphatic rings. The summed E-state index contributed by atoms with van der Waals surface area (Å²) in [5.41, 5.74) is 16.8. The Balaban J connectivity index is 0.000000111. The number of likely N-dealkylation sites (tertiary alicyclic amines) is 1. The third kappa shape index (κ3) is 20.6. The summed E-state index contributed by atoms with van der Waals surface area (Å²) < 4.78 is 20.6. The standard InChI is InChI=1S/C26H24N8O2S.C25H25FN6O2S.C25H21N7O2S.C24H24N6O2S/c1-14-10-28-19(12-27-14)13-29-26(36)22-6-5-21(37-22)20-9-23(32-18-3-4-18)34-25(33-20)17(11-30-34)7-16-8-24(35)31-15(16)2;1-14-15(11-23(33)28-14)10-16-13-27-32-22(29-18-2-3-18)12-19(30-24(16)32)20-4-5-21(35-20)25(34)31-8-6-17(26)7-9-31;1-14-15(10-23(33)28-14)9-16-12-27-32-22(29-17-4-5-17)11-19(31-24(16)32)20-6-7-21(35-20)25(34)30-18-3-2-8-26-13-18;1-13-14(10-22(31)26-13)9-15-12-25-30-21(27-17-5-6-17)11-18(29-23(15)30)19-7-8-20(33-19)24(32)28-16-3-2-4-16/h5-7,9-12,18,32H,2-4,8,13H2,1H3,(H,29,36)(H,31,35);4-5,10,12-13,17-18,29H,1-3,6-9,11H2,(H,28,33);2-3,6-9,11-13,17,29H,1,4-5,10H2,(H,28,33)(H,30,34);7-9,11-12,16-17,27H,1-6,10H2,(H,26,31)(H,28,32)/b16-7+;15-10+;15-9+;14-9+. The van der Waals surface area contributed by atoms with Gasteiger partial charge >= 0.3 is 0 Å². The number of amides is 8. The van der Waals surface area contributed by atoms with Gasteiger partial charge < -0.3 is 63.4 Å². The number of aryl methyl sites for hydroxylation is 1. The van der Waals surface area contributed by atoms with Crippen molar-refractivity contribution in [3.8, 4) is 42.3 Å². The van der Waals surface area contributed by atoms with Gasteiger partial charge in [-0.3, -0.25) is 53.3 Å². The fourth-order valence-electron chi connectivity index (χ4n) is 16.4. The zero-order valence-corrected chi connectivity index (χ0v) is 79.1. The van der Waals surface area contributed by atoms with Crippen LogP contribution < -0.4 is 58.5 Å². The Morgan fingerprint density at radius 1 is 0.429 bits per heavy atom. The normalized spacial score (nSPS) is 18.2. The van der Waals surface area contributed by atoms with Gasteiger partial charge in [-0.05, 0) is 198 Å². The Labute approximate surface area is 816 Å². The van der Waals surface area contributed by atoms with E-state index in [2.05, 4.69) is 120 Å². The molecule has 19 heterocycles. The number of hydrogen-bond donors (Lipinski definition) is 11. The molecule has 0 atom stereocenters. The van der Waals surface area contributed by atoms with Gasteiger partial charge in [-0.1, -0.05) is 26.3 Å². The molecule has 14 aromatic rings. The predicted molar refractivity (Wildman–Crippen MR) is 537 cm³/mol. The number of carbonyl (C=O) groups excluding carboxylic acids is 8. The number of piperidine rings is 1. The highest BCUT2D eigenvalue weighted by Gasteiger charge is 2.34. The highest BCUT2D eigenvalue weighted by atomic mass is 32.1. The van der Waals surface area contributed by atoms with Crippen LogP contribution in [0.3, 0.4) is 0 Å². The number of allylic oxidation sites excluding steroid dienone is 4. The van der Waals surface area contributed by atoms with Crippen molar-refractivity contribution in [1.82, 2.24) is 110 Å². The number of carbonyl (C=O) groups is 8. The van der Waals surface area contributed by atoms with Gasteiger partial charge in [0, 0.05) is 125 Å². The lowest BCUT2D eigenvalue weighted by atomic mass is 9.93. The van der Waals surface area contributed by atoms with E-state index in [4.69, 9.17) is 19.9 Å². The smallest absolute Gasteiger partial charge is 0.265 e. The van der Waals surface area contributed by atoms with Crippen molar-refractivity contribution in [2.24, 2.45) is 0 Å². The van der Waals surface area contributed by atoms with E-state index < -0.39 is 6.17 Å². The summed E-state index contributed by atoms with van der Waals surface area (Å²) in [7, 11) is 0. The molecule has 5 saturated carbocycles. The molecule has 5 saturated heterocycles. The number of pyridine rings is 1. The van der Waals surface area contributed by atoms with Crippen LogP contribution >= 0.6 is 45.3 Å². The monoisotopic (exact) mass is 1950 g/mol. The van der Waals surface area contributed by atoms with Gasteiger partial charge in [-0.25, -0.2) is 24.3 Å². The number of fused-ring (bicyclic) bond motifs is 4. The number of nitrogens with zero attached hydrogens (tertiary/aromatic N) is 16. The summed E-state index contributed by atoms with van der Waals surface area (Å²) >= 11 is 5.59. The highest BCUT2D eigenvalue weighted by molar-refractivity contribution is 7.18. The molecule has 11 N–H and O–H groups in total. The number of thiophene rings is 4. The van der Waals surface area contributed by atoms with E-state index >= 15 is 0 Å². The first-order chi connectivity index (χ1) is 67.9. The van der Waals surface area contributed by atoms with E-state index in [1.54, 1.807) is 96.8 Å². The second-order valence-corrected chi connectivity index (χ2v) is 40.2. The van der Waals surface area contributed by atoms with Gasteiger partial charge in [0.25, 0.3) is 23.6 Å². The van der Waals surface area contributed by atoms with E-state index in [1.807, 2.05) is 91.9 Å². The SMILES string of the molecule is C=C1NC(=O)C/C1=C\c1cnn2c(NC3CC3)cc(-c3ccc(C(=O)N4CCC(F)CC4)s3)nc12.C=C1NC(=O)C/C1=C\c1cnn2c(NC3CC3)cc(-c3ccc(C(=O)NC4CCC4)s3)nc12.C=C1NC(=O)C/C1=C\c1cnn2c(NC3CC3)cc(-c3ccc(C(=O)NCc4cnc(C)cn4)s3)nc12.C=C1NC(=O)C/C1=C\c1cnn2c(NC3CC3)cc(-c3ccc(C(=O)Nc4cccnc4)s3)nc12. The minimum Gasteiger partial charge on any atom is -0.367 e. The maximum Gasteiger partial charge on any atom is 0.265 e. The second-order valence-electron chi connectivity index (χ2n) is 35.9. The fraction of sp³-hybridized carbons (Fsp3) is 0.270. The van der Waals surface area contributed by atoms with E-state index in [1.165, 1.54) is 51.8 Å². The minimum absolute atomic E-state index is 0.0138. The Morgan fingerprint density at radius 3 is 1.12 bits per heavy atom. The largest absolute Gasteiger partial charge is 0.367 e. The Morgan fingerprint density at radius 2 is 0.793 bits per heavy atom. The number of nitrogens with one attached hydrogen (secondary N) is 11. The number of rotatable bonds is 24. The van der Waals surface area contributed by atoms with Crippen molar-refractivity contribution < 1.29 is 42.7 Å². The number of halogens is 1. The maximum atomic E-state index is 13.5. The molecule has 0 radical (unpaired) electrons. The van der Waals surface area contributed by atoms with Crippen LogP contribution in [0, 0.1) is 6.92 Å². The number of hydrogen-bond acceptors (Lipinski definition) is 27. The van der Waals surface area contributed by atoms with Gasteiger partial charge in [0.2, 0.25) is 23.6 Å². The molecular formula is C100H94FN27O8S4. The Hall–Kier alpha value is -15.7. The summed E-state index contributed by atoms with van der Waals surface area (Å²) in [4.78, 5) is 138. The van der Waals surface area contributed by atoms with Crippen molar-refractivity contribution in [2.75, 3.05) is 39.7 Å². The van der Waals surface area contributed by atoms with Crippen LogP contribution in [0.2, 0.25) is 0 Å². The summed E-state index contributed by atoms with van der Waals surface area (Å²) in [6.07, 6.45) is 34.6. The first-order valence-corrected chi connectivity index (χ1v) is 49.5. The van der Waals surface area contributed by atoms with E-state index in [-0.39, 0.29) is 66.5 Å². The molecule has 35 nitrogen and oxygen atoms in total. The quantitative estimate of drug-likeness (QED) is 0.0268. The van der Waals surface area contributed by atoms with Crippen molar-refractivity contribution in [1.29, 1.82) is 0 Å². The topological polar surface area (TPSA) is 432 Å². The number of aromatic nitrogens is 15. The lowest BCUT2D eigenvalue weighted by Gasteiger charge is -2.28. The zero-order chi connectivity index (χ0) is 96.1. The van der Waals surface area contributed by atoms with Crippen LogP contribution in [0.4, 0.5) is 33.3 Å². The van der Waals surface area contributed by atoms with Gasteiger partial charge in [-0.15, -0.1) is 45.3 Å². The summed E-state index contributed by atoms with van der Waals surface area (Å²) in [5, 5.41) is 52.2. The average Bonchev–Trinajstić information content (AvgIpc) is 1.63. The van der Waals surface area contributed by atoms with E-state index in [0.717, 1.165) is 180 Å². The van der Waals surface area contributed by atoms with Crippen LogP contribution in [-0.4, -0.2) is 175 Å². The lowest BCUT2D eigenvalue weighted by molar-refractivity contribution is -0.119. The maximum absolute atomic E-state index is 13.5. The van der Waals surface area contributed by atoms with Gasteiger partial charge in [-0.2, -0.15) is 38.5 Å². The van der Waals surface area contributed by atoms with Gasteiger partial charge in [0.1, 0.15) is 29.4 Å². The summed E-state index contributed by atoms with van der Waals surface area (Å²) in [5.74, 6) is 2.66.